The quantitative estimate of drug-likeness (QED) is 0.475. The van der Waals surface area contributed by atoms with Crippen LogP contribution in [0.4, 0.5) is 5.95 Å². The monoisotopic (exact) mass is 266 g/mol. The summed E-state index contributed by atoms with van der Waals surface area (Å²) >= 11 is 1.10. The molecule has 94 valence electrons. The first-order valence-electron chi connectivity index (χ1n) is 4.92. The summed E-state index contributed by atoms with van der Waals surface area (Å²) in [6, 6.07) is 3.81. The van der Waals surface area contributed by atoms with Crippen LogP contribution in [0.3, 0.4) is 0 Å². The second-order valence-electron chi connectivity index (χ2n) is 3.42. The number of H-pyrrole nitrogens is 1. The number of rotatable bonds is 4. The summed E-state index contributed by atoms with van der Waals surface area (Å²) in [5.74, 6) is -0.401. The number of hydrogen-bond donors (Lipinski definition) is 4. The zero-order chi connectivity index (χ0) is 13.1. The number of carbonyl (C=O) groups is 1. The number of benzene rings is 1. The Hall–Kier alpha value is -2.22. The number of Topliss-reactive ketones (excluding diaryl/α,β-unsaturated/α-hetero) is 1. The normalized spacial score (nSPS) is 10.4. The third-order valence-corrected chi connectivity index (χ3v) is 2.94. The van der Waals surface area contributed by atoms with Gasteiger partial charge in [-0.05, 0) is 12.1 Å². The zero-order valence-electron chi connectivity index (χ0n) is 9.12. The van der Waals surface area contributed by atoms with E-state index >= 15 is 0 Å². The highest BCUT2D eigenvalue weighted by molar-refractivity contribution is 7.99. The maximum atomic E-state index is 11.8. The van der Waals surface area contributed by atoms with Crippen LogP contribution < -0.4 is 5.73 Å². The first-order valence-corrected chi connectivity index (χ1v) is 5.90. The van der Waals surface area contributed by atoms with E-state index in [1.54, 1.807) is 0 Å². The van der Waals surface area contributed by atoms with Gasteiger partial charge in [-0.25, -0.2) is 5.10 Å². The van der Waals surface area contributed by atoms with E-state index in [4.69, 9.17) is 10.8 Å². The van der Waals surface area contributed by atoms with Crippen LogP contribution in [0.25, 0.3) is 0 Å². The topological polar surface area (TPSA) is 125 Å². The molecule has 0 saturated heterocycles. The summed E-state index contributed by atoms with van der Waals surface area (Å²) in [5, 5.41) is 25.2. The molecule has 0 atom stereocenters. The van der Waals surface area contributed by atoms with Crippen molar-refractivity contribution in [2.75, 3.05) is 11.5 Å². The zero-order valence-corrected chi connectivity index (χ0v) is 9.94. The fourth-order valence-corrected chi connectivity index (χ4v) is 1.98. The van der Waals surface area contributed by atoms with Crippen LogP contribution in [0, 0.1) is 0 Å². The van der Waals surface area contributed by atoms with Crippen LogP contribution >= 0.6 is 11.8 Å². The summed E-state index contributed by atoms with van der Waals surface area (Å²) in [6.07, 6.45) is 0. The van der Waals surface area contributed by atoms with Crippen molar-refractivity contribution in [3.63, 3.8) is 0 Å². The molecule has 0 bridgehead atoms. The van der Waals surface area contributed by atoms with Crippen LogP contribution in [-0.2, 0) is 0 Å². The fourth-order valence-electron chi connectivity index (χ4n) is 1.29. The highest BCUT2D eigenvalue weighted by Gasteiger charge is 2.13. The average molecular weight is 266 g/mol. The maximum Gasteiger partial charge on any atom is 0.216 e. The SMILES string of the molecule is Nc1nc(SCC(=O)c2ccc(O)cc2O)n[nH]1. The highest BCUT2D eigenvalue weighted by Crippen LogP contribution is 2.24. The van der Waals surface area contributed by atoms with Gasteiger partial charge < -0.3 is 15.9 Å². The molecule has 1 aromatic carbocycles. The number of nitrogen functional groups attached to an aromatic ring is 1. The van der Waals surface area contributed by atoms with E-state index in [9.17, 15) is 9.90 Å². The second-order valence-corrected chi connectivity index (χ2v) is 4.36. The van der Waals surface area contributed by atoms with E-state index < -0.39 is 0 Å². The molecule has 0 aliphatic rings. The highest BCUT2D eigenvalue weighted by atomic mass is 32.2. The van der Waals surface area contributed by atoms with Crippen molar-refractivity contribution in [1.29, 1.82) is 0 Å². The standard InChI is InChI=1S/C10H10N4O3S/c11-9-12-10(14-13-9)18-4-8(17)6-2-1-5(15)3-7(6)16/h1-3,15-16H,4H2,(H3,11,12,13,14). The number of carbonyl (C=O) groups excluding carboxylic acids is 1. The Labute approximate surface area is 106 Å². The minimum Gasteiger partial charge on any atom is -0.508 e. The average Bonchev–Trinajstić information content (AvgIpc) is 2.72. The van der Waals surface area contributed by atoms with Gasteiger partial charge in [-0.15, -0.1) is 5.10 Å². The third-order valence-electron chi connectivity index (χ3n) is 2.10. The van der Waals surface area contributed by atoms with Crippen molar-refractivity contribution in [1.82, 2.24) is 15.2 Å². The van der Waals surface area contributed by atoms with Gasteiger partial charge in [0.25, 0.3) is 0 Å². The number of nitrogens with zero attached hydrogens (tertiary/aromatic N) is 2. The predicted octanol–water partition coefficient (Wildman–Crippen LogP) is 0.773. The van der Waals surface area contributed by atoms with Gasteiger partial charge >= 0.3 is 0 Å². The summed E-state index contributed by atoms with van der Waals surface area (Å²) in [6.45, 7) is 0. The number of aromatic nitrogens is 3. The van der Waals surface area contributed by atoms with E-state index in [0.717, 1.165) is 17.8 Å². The van der Waals surface area contributed by atoms with E-state index in [1.807, 2.05) is 0 Å². The number of aromatic amines is 1. The van der Waals surface area contributed by atoms with Gasteiger partial charge in [0.2, 0.25) is 11.1 Å². The van der Waals surface area contributed by atoms with Crippen LogP contribution in [0.15, 0.2) is 23.4 Å². The molecule has 0 radical (unpaired) electrons. The van der Waals surface area contributed by atoms with E-state index in [0.29, 0.717) is 5.16 Å². The molecule has 8 heteroatoms. The summed E-state index contributed by atoms with van der Waals surface area (Å²) in [5.41, 5.74) is 5.48. The van der Waals surface area contributed by atoms with Crippen molar-refractivity contribution < 1.29 is 15.0 Å². The lowest BCUT2D eigenvalue weighted by Crippen LogP contribution is -2.02. The van der Waals surface area contributed by atoms with Gasteiger partial charge in [-0.2, -0.15) is 4.98 Å². The minimum atomic E-state index is -0.291. The van der Waals surface area contributed by atoms with Crippen LogP contribution in [0.1, 0.15) is 10.4 Å². The lowest BCUT2D eigenvalue weighted by molar-refractivity contribution is 0.102. The van der Waals surface area contributed by atoms with Gasteiger partial charge in [0.15, 0.2) is 5.78 Å². The van der Waals surface area contributed by atoms with E-state index in [2.05, 4.69) is 15.2 Å². The van der Waals surface area contributed by atoms with Gasteiger partial charge in [-0.3, -0.25) is 4.79 Å². The number of nitrogens with two attached hydrogens (primary N) is 1. The molecule has 0 fully saturated rings. The molecule has 0 amide bonds. The molecular weight excluding hydrogens is 256 g/mol. The molecule has 0 saturated carbocycles. The van der Waals surface area contributed by atoms with Crippen molar-refractivity contribution in [3.8, 4) is 11.5 Å². The van der Waals surface area contributed by atoms with E-state index in [1.165, 1.54) is 12.1 Å². The van der Waals surface area contributed by atoms with Crippen molar-refractivity contribution in [3.05, 3.63) is 23.8 Å². The number of ketones is 1. The largest absolute Gasteiger partial charge is 0.508 e. The lowest BCUT2D eigenvalue weighted by Gasteiger charge is -2.02. The summed E-state index contributed by atoms with van der Waals surface area (Å²) in [7, 11) is 0. The van der Waals surface area contributed by atoms with Crippen molar-refractivity contribution in [2.45, 2.75) is 5.16 Å². The number of nitrogens with one attached hydrogen (secondary N) is 1. The number of aromatic hydroxyl groups is 2. The Morgan fingerprint density at radius 1 is 1.44 bits per heavy atom. The van der Waals surface area contributed by atoms with Crippen LogP contribution in [0.5, 0.6) is 11.5 Å². The Morgan fingerprint density at radius 3 is 2.83 bits per heavy atom. The molecule has 0 aliphatic carbocycles. The molecule has 7 nitrogen and oxygen atoms in total. The number of thioether (sulfide) groups is 1. The third kappa shape index (κ3) is 2.72. The van der Waals surface area contributed by atoms with Gasteiger partial charge in [-0.1, -0.05) is 11.8 Å². The molecule has 2 aromatic rings. The molecule has 0 spiro atoms. The summed E-state index contributed by atoms with van der Waals surface area (Å²) < 4.78 is 0. The molecule has 5 N–H and O–H groups in total. The smallest absolute Gasteiger partial charge is 0.216 e. The van der Waals surface area contributed by atoms with Gasteiger partial charge in [0.05, 0.1) is 11.3 Å². The molecule has 0 aliphatic heterocycles. The maximum absolute atomic E-state index is 11.8. The molecular formula is C10H10N4O3S. The van der Waals surface area contributed by atoms with Gasteiger partial charge in [0, 0.05) is 6.07 Å². The van der Waals surface area contributed by atoms with Crippen molar-refractivity contribution >= 4 is 23.5 Å². The molecule has 1 aromatic heterocycles. The molecule has 2 rings (SSSR count). The second kappa shape index (κ2) is 4.96. The summed E-state index contributed by atoms with van der Waals surface area (Å²) in [4.78, 5) is 15.6. The van der Waals surface area contributed by atoms with Gasteiger partial charge in [0.1, 0.15) is 11.5 Å². The first-order chi connectivity index (χ1) is 8.56. The van der Waals surface area contributed by atoms with E-state index in [-0.39, 0.29) is 34.5 Å². The molecule has 0 unspecified atom stereocenters. The number of phenols is 2. The van der Waals surface area contributed by atoms with Crippen LogP contribution in [0.2, 0.25) is 0 Å². The Morgan fingerprint density at radius 2 is 2.22 bits per heavy atom. The first kappa shape index (κ1) is 12.2. The lowest BCUT2D eigenvalue weighted by atomic mass is 10.1. The Balaban J connectivity index is 2.03. The number of anilines is 1. The van der Waals surface area contributed by atoms with Crippen LogP contribution in [-0.4, -0.2) is 36.9 Å². The molecule has 1 heterocycles. The predicted molar refractivity (Wildman–Crippen MR) is 65.6 cm³/mol. The van der Waals surface area contributed by atoms with Crippen molar-refractivity contribution in [2.24, 2.45) is 0 Å². The number of phenolic OH excluding ortho intramolecular Hbond substituents is 2. The fraction of sp³-hybridized carbons (Fsp3) is 0.100. The Bertz CT molecular complexity index is 584. The Kier molecular flexibility index (Phi) is 3.38. The molecule has 18 heavy (non-hydrogen) atoms. The minimum absolute atomic E-state index is 0.0651. The number of hydrogen-bond acceptors (Lipinski definition) is 7.